The molecule has 3 nitrogen and oxygen atoms in total. The number of halogens is 2. The topological polar surface area (TPSA) is 27.7 Å². The van der Waals surface area contributed by atoms with Crippen LogP contribution in [-0.2, 0) is 0 Å². The van der Waals surface area contributed by atoms with Gasteiger partial charge in [0.05, 0.1) is 25.2 Å². The molecular formula is C15H14BrClO3S. The summed E-state index contributed by atoms with van der Waals surface area (Å²) in [6, 6.07) is 5.79. The average molecular weight is 390 g/mol. The van der Waals surface area contributed by atoms with Crippen LogP contribution < -0.4 is 14.2 Å². The van der Waals surface area contributed by atoms with Crippen molar-refractivity contribution in [2.75, 3.05) is 20.3 Å². The predicted molar refractivity (Wildman–Crippen MR) is 88.7 cm³/mol. The van der Waals surface area contributed by atoms with Gasteiger partial charge in [-0.05, 0) is 17.7 Å². The van der Waals surface area contributed by atoms with Crippen LogP contribution in [0.1, 0.15) is 21.7 Å². The summed E-state index contributed by atoms with van der Waals surface area (Å²) in [5.41, 5.74) is 0.963. The largest absolute Gasteiger partial charge is 0.496 e. The molecule has 0 saturated carbocycles. The Morgan fingerprint density at radius 2 is 1.95 bits per heavy atom. The molecule has 2 heterocycles. The van der Waals surface area contributed by atoms with Gasteiger partial charge < -0.3 is 14.2 Å². The molecule has 1 unspecified atom stereocenters. The Morgan fingerprint density at radius 3 is 2.62 bits per heavy atom. The highest BCUT2D eigenvalue weighted by molar-refractivity contribution is 9.09. The maximum atomic E-state index is 6.41. The smallest absolute Gasteiger partial charge is 0.162 e. The van der Waals surface area contributed by atoms with Crippen molar-refractivity contribution in [3.63, 3.8) is 0 Å². The zero-order valence-corrected chi connectivity index (χ0v) is 14.6. The van der Waals surface area contributed by atoms with Crippen molar-refractivity contribution in [2.24, 2.45) is 0 Å². The number of hydrogen-bond acceptors (Lipinski definition) is 4. The van der Waals surface area contributed by atoms with Crippen molar-refractivity contribution in [3.8, 4) is 17.2 Å². The fraction of sp³-hybridized carbons (Fsp3) is 0.333. The van der Waals surface area contributed by atoms with Gasteiger partial charge in [0.15, 0.2) is 11.5 Å². The molecule has 21 heavy (non-hydrogen) atoms. The Hall–Kier alpha value is -0.910. The van der Waals surface area contributed by atoms with Gasteiger partial charge in [-0.3, -0.25) is 0 Å². The van der Waals surface area contributed by atoms with Gasteiger partial charge >= 0.3 is 0 Å². The lowest BCUT2D eigenvalue weighted by atomic mass is 10.1. The lowest BCUT2D eigenvalue weighted by Crippen LogP contribution is -1.97. The van der Waals surface area contributed by atoms with Crippen LogP contribution in [0.4, 0.5) is 0 Å². The van der Waals surface area contributed by atoms with Crippen molar-refractivity contribution in [1.29, 1.82) is 0 Å². The number of rotatable bonds is 3. The summed E-state index contributed by atoms with van der Waals surface area (Å²) < 4.78 is 16.6. The average Bonchev–Trinajstić information content (AvgIpc) is 2.86. The van der Waals surface area contributed by atoms with Gasteiger partial charge in [0, 0.05) is 27.8 Å². The lowest BCUT2D eigenvalue weighted by molar-refractivity contribution is 0.297. The minimum Gasteiger partial charge on any atom is -0.496 e. The highest BCUT2D eigenvalue weighted by atomic mass is 79.9. The van der Waals surface area contributed by atoms with Gasteiger partial charge in [0.1, 0.15) is 5.75 Å². The maximum absolute atomic E-state index is 6.41. The monoisotopic (exact) mass is 388 g/mol. The number of alkyl halides is 1. The molecule has 2 aromatic rings. The minimum atomic E-state index is -0.00365. The molecule has 1 aliphatic rings. The van der Waals surface area contributed by atoms with Crippen molar-refractivity contribution in [1.82, 2.24) is 0 Å². The molecule has 1 atom stereocenters. The second-order valence-electron chi connectivity index (χ2n) is 4.62. The number of ether oxygens (including phenoxy) is 3. The lowest BCUT2D eigenvalue weighted by Gasteiger charge is -2.14. The molecule has 6 heteroatoms. The molecule has 3 rings (SSSR count). The van der Waals surface area contributed by atoms with E-state index < -0.39 is 0 Å². The van der Waals surface area contributed by atoms with Crippen LogP contribution >= 0.6 is 38.9 Å². The Bertz CT molecular complexity index is 644. The third kappa shape index (κ3) is 3.15. The van der Waals surface area contributed by atoms with Crippen molar-refractivity contribution < 1.29 is 14.2 Å². The summed E-state index contributed by atoms with van der Waals surface area (Å²) >= 11 is 11.7. The normalized spacial score (nSPS) is 15.4. The van der Waals surface area contributed by atoms with E-state index >= 15 is 0 Å². The fourth-order valence-corrected chi connectivity index (χ4v) is 4.20. The van der Waals surface area contributed by atoms with Gasteiger partial charge in [0.2, 0.25) is 0 Å². The van der Waals surface area contributed by atoms with Crippen LogP contribution in [0.5, 0.6) is 17.2 Å². The fourth-order valence-electron chi connectivity index (χ4n) is 2.12. The van der Waals surface area contributed by atoms with Crippen LogP contribution in [0.2, 0.25) is 5.02 Å². The molecule has 0 radical (unpaired) electrons. The van der Waals surface area contributed by atoms with E-state index in [1.165, 1.54) is 0 Å². The highest BCUT2D eigenvalue weighted by Crippen LogP contribution is 2.44. The van der Waals surface area contributed by atoms with E-state index in [0.717, 1.165) is 28.4 Å². The first-order chi connectivity index (χ1) is 10.2. The number of benzene rings is 1. The first-order valence-corrected chi connectivity index (χ1v) is 8.72. The standard InChI is InChI=1S/C15H14BrClO3S/c1-18-9-5-14(21-8-9)15(16)10-6-12-13(7-11(10)17)20-4-2-3-19-12/h5-8,15H,2-4H2,1H3. The Labute approximate surface area is 140 Å². The molecule has 0 amide bonds. The number of hydrogen-bond donors (Lipinski definition) is 0. The first-order valence-electron chi connectivity index (χ1n) is 6.54. The summed E-state index contributed by atoms with van der Waals surface area (Å²) in [6.07, 6.45) is 0.876. The van der Waals surface area contributed by atoms with E-state index in [1.807, 2.05) is 23.6 Å². The van der Waals surface area contributed by atoms with Gasteiger partial charge in [-0.25, -0.2) is 0 Å². The van der Waals surface area contributed by atoms with Crippen LogP contribution in [0, 0.1) is 0 Å². The number of thiophene rings is 1. The molecule has 1 aliphatic heterocycles. The first kappa shape index (κ1) is 15.0. The molecule has 0 bridgehead atoms. The summed E-state index contributed by atoms with van der Waals surface area (Å²) in [7, 11) is 1.66. The van der Waals surface area contributed by atoms with Gasteiger partial charge in [-0.2, -0.15) is 0 Å². The maximum Gasteiger partial charge on any atom is 0.162 e. The second kappa shape index (κ2) is 6.46. The van der Waals surface area contributed by atoms with Crippen LogP contribution in [0.3, 0.4) is 0 Å². The Morgan fingerprint density at radius 1 is 1.24 bits per heavy atom. The van der Waals surface area contributed by atoms with Crippen molar-refractivity contribution in [2.45, 2.75) is 11.2 Å². The summed E-state index contributed by atoms with van der Waals surface area (Å²) in [5.74, 6) is 2.31. The van der Waals surface area contributed by atoms with E-state index in [2.05, 4.69) is 15.9 Å². The van der Waals surface area contributed by atoms with E-state index in [9.17, 15) is 0 Å². The van der Waals surface area contributed by atoms with Gasteiger partial charge in [0.25, 0.3) is 0 Å². The molecule has 0 fully saturated rings. The Balaban J connectivity index is 1.95. The molecule has 1 aromatic heterocycles. The summed E-state index contributed by atoms with van der Waals surface area (Å²) in [6.45, 7) is 1.32. The minimum absolute atomic E-state index is 0.00365. The third-order valence-electron chi connectivity index (χ3n) is 3.22. The van der Waals surface area contributed by atoms with Crippen LogP contribution in [-0.4, -0.2) is 20.3 Å². The molecular weight excluding hydrogens is 376 g/mol. The molecule has 0 saturated heterocycles. The van der Waals surface area contributed by atoms with E-state index in [-0.39, 0.29) is 4.83 Å². The van der Waals surface area contributed by atoms with Crippen LogP contribution in [0.15, 0.2) is 23.6 Å². The molecule has 112 valence electrons. The van der Waals surface area contributed by atoms with Gasteiger partial charge in [-0.15, -0.1) is 11.3 Å². The zero-order valence-electron chi connectivity index (χ0n) is 11.4. The number of fused-ring (bicyclic) bond motifs is 1. The quantitative estimate of drug-likeness (QED) is 0.687. The zero-order chi connectivity index (χ0) is 14.8. The summed E-state index contributed by atoms with van der Waals surface area (Å²) in [4.78, 5) is 1.12. The summed E-state index contributed by atoms with van der Waals surface area (Å²) in [5, 5.41) is 2.63. The molecule has 1 aromatic carbocycles. The van der Waals surface area contributed by atoms with Crippen molar-refractivity contribution in [3.05, 3.63) is 39.0 Å². The second-order valence-corrected chi connectivity index (χ2v) is 6.89. The van der Waals surface area contributed by atoms with E-state index in [1.54, 1.807) is 18.4 Å². The molecule has 0 aliphatic carbocycles. The third-order valence-corrected chi connectivity index (χ3v) is 5.81. The Kier molecular flexibility index (Phi) is 4.62. The number of methoxy groups -OCH3 is 1. The molecule has 0 N–H and O–H groups in total. The molecule has 0 spiro atoms. The highest BCUT2D eigenvalue weighted by Gasteiger charge is 2.21. The predicted octanol–water partition coefficient (Wildman–Crippen LogP) is 5.06. The van der Waals surface area contributed by atoms with Crippen molar-refractivity contribution >= 4 is 38.9 Å². The van der Waals surface area contributed by atoms with E-state index in [0.29, 0.717) is 24.0 Å². The van der Waals surface area contributed by atoms with Crippen LogP contribution in [0.25, 0.3) is 0 Å². The van der Waals surface area contributed by atoms with E-state index in [4.69, 9.17) is 25.8 Å². The van der Waals surface area contributed by atoms with Gasteiger partial charge in [-0.1, -0.05) is 27.5 Å². The SMILES string of the molecule is COc1csc(C(Br)c2cc3c(cc2Cl)OCCCO3)c1.